The molecular weight excluding hydrogens is 554 g/mol. The maximum atomic E-state index is 14.5. The molecule has 0 heterocycles. The number of para-hydroxylation sites is 1. The summed E-state index contributed by atoms with van der Waals surface area (Å²) >= 11 is 6.44. The molecule has 3 atom stereocenters. The second kappa shape index (κ2) is 14.2. The molecule has 0 aliphatic rings. The van der Waals surface area contributed by atoms with Gasteiger partial charge in [0.05, 0.1) is 10.7 Å². The minimum atomic E-state index is -1.16. The first-order valence-corrected chi connectivity index (χ1v) is 14.4. The zero-order chi connectivity index (χ0) is 31.0. The average molecular weight is 594 g/mol. The Bertz CT molecular complexity index is 1370. The SMILES string of the molecule is CCC(C)N(C(=O)C(Cc1ccccc1)NC(=O)OC(C)(C)C)C(C(=O)Nc1c(C)cccc1Cl)c1cccc(O)c1. The van der Waals surface area contributed by atoms with Crippen LogP contribution < -0.4 is 10.6 Å². The molecule has 3 aromatic carbocycles. The third kappa shape index (κ3) is 8.73. The molecule has 3 aromatic rings. The van der Waals surface area contributed by atoms with Crippen molar-refractivity contribution in [1.29, 1.82) is 0 Å². The van der Waals surface area contributed by atoms with Gasteiger partial charge in [-0.3, -0.25) is 9.59 Å². The molecule has 0 aliphatic heterocycles. The molecule has 3 N–H and O–H groups in total. The molecule has 0 aliphatic carbocycles. The molecule has 8 nitrogen and oxygen atoms in total. The molecule has 0 bridgehead atoms. The molecule has 0 fully saturated rings. The predicted molar refractivity (Wildman–Crippen MR) is 166 cm³/mol. The van der Waals surface area contributed by atoms with Crippen LogP contribution in [0.2, 0.25) is 5.02 Å². The van der Waals surface area contributed by atoms with Crippen molar-refractivity contribution < 1.29 is 24.2 Å². The van der Waals surface area contributed by atoms with Crippen LogP contribution in [0.5, 0.6) is 5.75 Å². The molecule has 42 heavy (non-hydrogen) atoms. The number of amides is 3. The number of alkyl carbamates (subject to hydrolysis) is 1. The van der Waals surface area contributed by atoms with E-state index in [2.05, 4.69) is 10.6 Å². The summed E-state index contributed by atoms with van der Waals surface area (Å²) in [6.07, 6.45) is -0.0562. The van der Waals surface area contributed by atoms with E-state index in [0.29, 0.717) is 22.7 Å². The quantitative estimate of drug-likeness (QED) is 0.240. The minimum absolute atomic E-state index is 0.0523. The molecule has 0 saturated carbocycles. The van der Waals surface area contributed by atoms with E-state index in [0.717, 1.165) is 11.1 Å². The van der Waals surface area contributed by atoms with Gasteiger partial charge < -0.3 is 25.4 Å². The maximum absolute atomic E-state index is 14.5. The highest BCUT2D eigenvalue weighted by molar-refractivity contribution is 6.34. The lowest BCUT2D eigenvalue weighted by molar-refractivity contribution is -0.143. The fourth-order valence-electron chi connectivity index (χ4n) is 4.59. The van der Waals surface area contributed by atoms with Gasteiger partial charge in [0.25, 0.3) is 5.91 Å². The number of nitrogens with one attached hydrogen (secondary N) is 2. The molecule has 3 unspecified atom stereocenters. The lowest BCUT2D eigenvalue weighted by Crippen LogP contribution is -2.55. The second-order valence-corrected chi connectivity index (χ2v) is 11.7. The molecule has 3 rings (SSSR count). The number of ether oxygens (including phenoxy) is 1. The highest BCUT2D eigenvalue weighted by atomic mass is 35.5. The lowest BCUT2D eigenvalue weighted by Gasteiger charge is -2.38. The van der Waals surface area contributed by atoms with Crippen molar-refractivity contribution in [2.75, 3.05) is 5.32 Å². The van der Waals surface area contributed by atoms with Crippen LogP contribution in [-0.4, -0.2) is 45.6 Å². The first kappa shape index (κ1) is 32.5. The number of carbonyl (C=O) groups is 3. The fraction of sp³-hybridized carbons (Fsp3) is 0.364. The summed E-state index contributed by atoms with van der Waals surface area (Å²) in [6.45, 7) is 10.8. The van der Waals surface area contributed by atoms with Gasteiger partial charge in [-0.2, -0.15) is 0 Å². The van der Waals surface area contributed by atoms with Crippen LogP contribution in [0.25, 0.3) is 0 Å². The van der Waals surface area contributed by atoms with Gasteiger partial charge >= 0.3 is 6.09 Å². The van der Waals surface area contributed by atoms with Crippen molar-refractivity contribution in [1.82, 2.24) is 10.2 Å². The molecule has 224 valence electrons. The summed E-state index contributed by atoms with van der Waals surface area (Å²) < 4.78 is 5.49. The van der Waals surface area contributed by atoms with Crippen LogP contribution >= 0.6 is 11.6 Å². The van der Waals surface area contributed by atoms with Crippen molar-refractivity contribution in [3.63, 3.8) is 0 Å². The van der Waals surface area contributed by atoms with Crippen molar-refractivity contribution in [3.8, 4) is 5.75 Å². The van der Waals surface area contributed by atoms with Crippen molar-refractivity contribution in [3.05, 3.63) is 94.5 Å². The Morgan fingerprint density at radius 1 is 1.00 bits per heavy atom. The molecule has 0 spiro atoms. The van der Waals surface area contributed by atoms with E-state index in [1.165, 1.54) is 17.0 Å². The van der Waals surface area contributed by atoms with Gasteiger partial charge in [0, 0.05) is 12.5 Å². The number of phenolic OH excluding ortho intramolecular Hbond substituents is 1. The summed E-state index contributed by atoms with van der Waals surface area (Å²) in [5.74, 6) is -1.04. The summed E-state index contributed by atoms with van der Waals surface area (Å²) in [5.41, 5.74) is 1.62. The lowest BCUT2D eigenvalue weighted by atomic mass is 9.97. The number of benzene rings is 3. The Hall–Kier alpha value is -4.04. The smallest absolute Gasteiger partial charge is 0.408 e. The van der Waals surface area contributed by atoms with Crippen LogP contribution in [0.1, 0.15) is 63.8 Å². The minimum Gasteiger partial charge on any atom is -0.508 e. The highest BCUT2D eigenvalue weighted by Gasteiger charge is 2.39. The topological polar surface area (TPSA) is 108 Å². The van der Waals surface area contributed by atoms with Gasteiger partial charge in [-0.1, -0.05) is 73.1 Å². The number of hydrogen-bond donors (Lipinski definition) is 3. The summed E-state index contributed by atoms with van der Waals surface area (Å²) in [5, 5.41) is 16.4. The standard InChI is InChI=1S/C33H40ClN3O5/c1-7-22(3)37(31(40)27(19-23-14-9-8-10-15-23)35-32(41)42-33(4,5)6)29(24-16-12-17-25(38)20-24)30(39)36-28-21(2)13-11-18-26(28)34/h8-18,20,22,27,29,38H,7,19H2,1-6H3,(H,35,41)(H,36,39). The largest absolute Gasteiger partial charge is 0.508 e. The maximum Gasteiger partial charge on any atom is 0.408 e. The summed E-state index contributed by atoms with van der Waals surface area (Å²) in [4.78, 5) is 43.1. The van der Waals surface area contributed by atoms with E-state index in [-0.39, 0.29) is 12.2 Å². The Morgan fingerprint density at radius 3 is 2.26 bits per heavy atom. The number of carbonyl (C=O) groups excluding carboxylic acids is 3. The second-order valence-electron chi connectivity index (χ2n) is 11.3. The van der Waals surface area contributed by atoms with Gasteiger partial charge in [0.1, 0.15) is 23.4 Å². The normalized spacial score (nSPS) is 13.4. The van der Waals surface area contributed by atoms with Crippen molar-refractivity contribution in [2.45, 2.75) is 78.1 Å². The van der Waals surface area contributed by atoms with Gasteiger partial charge in [0.2, 0.25) is 5.91 Å². The Kier molecular flexibility index (Phi) is 11.0. The molecular formula is C33H40ClN3O5. The van der Waals surface area contributed by atoms with Crippen molar-refractivity contribution >= 4 is 35.2 Å². The predicted octanol–water partition coefficient (Wildman–Crippen LogP) is 6.80. The molecule has 0 aromatic heterocycles. The third-order valence-corrected chi connectivity index (χ3v) is 7.09. The molecule has 3 amide bonds. The fourth-order valence-corrected chi connectivity index (χ4v) is 4.86. The van der Waals surface area contributed by atoms with Crippen LogP contribution in [0.15, 0.2) is 72.8 Å². The van der Waals surface area contributed by atoms with Gasteiger partial charge in [0.15, 0.2) is 0 Å². The monoisotopic (exact) mass is 593 g/mol. The summed E-state index contributed by atoms with van der Waals surface area (Å²) in [6, 6.07) is 18.2. The van der Waals surface area contributed by atoms with Gasteiger partial charge in [-0.05, 0) is 75.9 Å². The van der Waals surface area contributed by atoms with Crippen LogP contribution in [-0.2, 0) is 20.7 Å². The van der Waals surface area contributed by atoms with Crippen LogP contribution in [0, 0.1) is 6.92 Å². The number of aromatic hydroxyl groups is 1. The number of rotatable bonds is 10. The van der Waals surface area contributed by atoms with Crippen molar-refractivity contribution in [2.24, 2.45) is 0 Å². The zero-order valence-corrected chi connectivity index (χ0v) is 25.7. The van der Waals surface area contributed by atoms with E-state index in [9.17, 15) is 19.5 Å². The Morgan fingerprint density at radius 2 is 1.67 bits per heavy atom. The number of phenols is 1. The number of aryl methyl sites for hydroxylation is 1. The summed E-state index contributed by atoms with van der Waals surface area (Å²) in [7, 11) is 0. The van der Waals surface area contributed by atoms with E-state index in [1.807, 2.05) is 57.2 Å². The van der Waals surface area contributed by atoms with Crippen LogP contribution in [0.3, 0.4) is 0 Å². The third-order valence-electron chi connectivity index (χ3n) is 6.77. The number of nitrogens with zero attached hydrogens (tertiary/aromatic N) is 1. The molecule has 0 radical (unpaired) electrons. The van der Waals surface area contributed by atoms with E-state index in [4.69, 9.17) is 16.3 Å². The van der Waals surface area contributed by atoms with Gasteiger partial charge in [-0.25, -0.2) is 4.79 Å². The highest BCUT2D eigenvalue weighted by Crippen LogP contribution is 2.32. The van der Waals surface area contributed by atoms with E-state index in [1.54, 1.807) is 45.0 Å². The van der Waals surface area contributed by atoms with E-state index >= 15 is 0 Å². The first-order chi connectivity index (χ1) is 19.8. The Balaban J connectivity index is 2.11. The number of anilines is 1. The van der Waals surface area contributed by atoms with Gasteiger partial charge in [-0.15, -0.1) is 0 Å². The number of hydrogen-bond acceptors (Lipinski definition) is 5. The molecule has 9 heteroatoms. The average Bonchev–Trinajstić information content (AvgIpc) is 2.92. The number of halogens is 1. The molecule has 0 saturated heterocycles. The van der Waals surface area contributed by atoms with Crippen LogP contribution in [0.4, 0.5) is 10.5 Å². The Labute approximate surface area is 253 Å². The van der Waals surface area contributed by atoms with E-state index < -0.39 is 41.6 Å². The first-order valence-electron chi connectivity index (χ1n) is 14.0. The zero-order valence-electron chi connectivity index (χ0n) is 25.0.